The van der Waals surface area contributed by atoms with Crippen LogP contribution in [0.4, 0.5) is 0 Å². The molecule has 0 spiro atoms. The van der Waals surface area contributed by atoms with E-state index in [4.69, 9.17) is 21.1 Å². The fourth-order valence-corrected chi connectivity index (χ4v) is 4.06. The van der Waals surface area contributed by atoms with E-state index in [1.807, 2.05) is 36.4 Å². The summed E-state index contributed by atoms with van der Waals surface area (Å²) in [6, 6.07) is 13.7. The number of carbonyl (C=O) groups is 1. The number of nitrogens with zero attached hydrogens (tertiary/aromatic N) is 1. The summed E-state index contributed by atoms with van der Waals surface area (Å²) >= 11 is 6.45. The number of benzene rings is 2. The maximum atomic E-state index is 12.5. The standard InChI is InChI=1S/C23H29ClN2O3/c1-28-18-13-17(14-19(15-18)29-2)9-10-23(27)25-16-22(26-11-5-6-12-26)20-7-3-4-8-21(20)24/h3-4,7-8,13-15,22H,5-6,9-12,16H2,1-2H3,(H,25,27). The zero-order valence-electron chi connectivity index (χ0n) is 17.1. The van der Waals surface area contributed by atoms with Crippen molar-refractivity contribution in [2.24, 2.45) is 0 Å². The van der Waals surface area contributed by atoms with E-state index in [-0.39, 0.29) is 11.9 Å². The molecular weight excluding hydrogens is 388 g/mol. The summed E-state index contributed by atoms with van der Waals surface area (Å²) in [7, 11) is 3.25. The molecule has 1 aliphatic heterocycles. The van der Waals surface area contributed by atoms with Gasteiger partial charge in [-0.2, -0.15) is 0 Å². The molecule has 0 radical (unpaired) electrons. The third kappa shape index (κ3) is 5.87. The van der Waals surface area contributed by atoms with E-state index in [9.17, 15) is 4.79 Å². The van der Waals surface area contributed by atoms with Gasteiger partial charge in [0.05, 0.1) is 20.3 Å². The molecule has 29 heavy (non-hydrogen) atoms. The largest absolute Gasteiger partial charge is 0.497 e. The summed E-state index contributed by atoms with van der Waals surface area (Å²) in [5.41, 5.74) is 2.09. The van der Waals surface area contributed by atoms with Crippen LogP contribution in [-0.4, -0.2) is 44.7 Å². The van der Waals surface area contributed by atoms with Crippen LogP contribution in [0.2, 0.25) is 5.02 Å². The molecule has 1 saturated heterocycles. The Bertz CT molecular complexity index is 799. The number of nitrogens with one attached hydrogen (secondary N) is 1. The smallest absolute Gasteiger partial charge is 0.220 e. The van der Waals surface area contributed by atoms with Crippen molar-refractivity contribution in [3.63, 3.8) is 0 Å². The van der Waals surface area contributed by atoms with Gasteiger partial charge in [-0.3, -0.25) is 9.69 Å². The van der Waals surface area contributed by atoms with Gasteiger partial charge >= 0.3 is 0 Å². The molecule has 1 fully saturated rings. The fourth-order valence-electron chi connectivity index (χ4n) is 3.80. The minimum Gasteiger partial charge on any atom is -0.497 e. The lowest BCUT2D eigenvalue weighted by Crippen LogP contribution is -2.37. The fraction of sp³-hybridized carbons (Fsp3) is 0.435. The maximum absolute atomic E-state index is 12.5. The van der Waals surface area contributed by atoms with Crippen LogP contribution in [0.3, 0.4) is 0 Å². The van der Waals surface area contributed by atoms with Crippen LogP contribution in [0.1, 0.15) is 36.4 Å². The van der Waals surface area contributed by atoms with E-state index in [0.717, 1.165) is 40.7 Å². The van der Waals surface area contributed by atoms with Gasteiger partial charge in [0.1, 0.15) is 11.5 Å². The van der Waals surface area contributed by atoms with E-state index in [1.165, 1.54) is 12.8 Å². The summed E-state index contributed by atoms with van der Waals surface area (Å²) in [6.45, 7) is 2.63. The van der Waals surface area contributed by atoms with Gasteiger partial charge < -0.3 is 14.8 Å². The average molecular weight is 417 g/mol. The van der Waals surface area contributed by atoms with Crippen molar-refractivity contribution in [3.05, 3.63) is 58.6 Å². The Morgan fingerprint density at radius 3 is 2.38 bits per heavy atom. The summed E-state index contributed by atoms with van der Waals surface area (Å²) in [4.78, 5) is 14.9. The molecule has 3 rings (SSSR count). The van der Waals surface area contributed by atoms with E-state index in [1.54, 1.807) is 14.2 Å². The molecular formula is C23H29ClN2O3. The predicted molar refractivity (Wildman–Crippen MR) is 116 cm³/mol. The Hall–Kier alpha value is -2.24. The Morgan fingerprint density at radius 2 is 1.76 bits per heavy atom. The van der Waals surface area contributed by atoms with E-state index in [2.05, 4.69) is 16.3 Å². The van der Waals surface area contributed by atoms with Crippen LogP contribution in [0.5, 0.6) is 11.5 Å². The van der Waals surface area contributed by atoms with Crippen molar-refractivity contribution in [2.45, 2.75) is 31.7 Å². The Morgan fingerprint density at radius 1 is 1.10 bits per heavy atom. The predicted octanol–water partition coefficient (Wildman–Crippen LogP) is 4.24. The van der Waals surface area contributed by atoms with Gasteiger partial charge in [-0.15, -0.1) is 0 Å². The molecule has 1 unspecified atom stereocenters. The average Bonchev–Trinajstić information content (AvgIpc) is 3.28. The first-order valence-corrected chi connectivity index (χ1v) is 10.5. The number of halogens is 1. The van der Waals surface area contributed by atoms with Crippen LogP contribution < -0.4 is 14.8 Å². The number of likely N-dealkylation sites (tertiary alicyclic amines) is 1. The number of hydrogen-bond acceptors (Lipinski definition) is 4. The number of aryl methyl sites for hydroxylation is 1. The topological polar surface area (TPSA) is 50.8 Å². The van der Waals surface area contributed by atoms with Crippen molar-refractivity contribution in [3.8, 4) is 11.5 Å². The molecule has 2 aromatic carbocycles. The quantitative estimate of drug-likeness (QED) is 0.664. The van der Waals surface area contributed by atoms with Crippen molar-refractivity contribution in [1.82, 2.24) is 10.2 Å². The second-order valence-corrected chi connectivity index (χ2v) is 7.71. The van der Waals surface area contributed by atoms with Crippen LogP contribution >= 0.6 is 11.6 Å². The van der Waals surface area contributed by atoms with Crippen LogP contribution in [0, 0.1) is 0 Å². The van der Waals surface area contributed by atoms with Crippen LogP contribution in [-0.2, 0) is 11.2 Å². The normalized spacial score (nSPS) is 15.1. The molecule has 6 heteroatoms. The highest BCUT2D eigenvalue weighted by Crippen LogP contribution is 2.30. The number of hydrogen-bond donors (Lipinski definition) is 1. The van der Waals surface area contributed by atoms with E-state index < -0.39 is 0 Å². The van der Waals surface area contributed by atoms with Gasteiger partial charge in [0.15, 0.2) is 0 Å². The van der Waals surface area contributed by atoms with E-state index in [0.29, 0.717) is 19.4 Å². The molecule has 1 N–H and O–H groups in total. The first-order chi connectivity index (χ1) is 14.1. The van der Waals surface area contributed by atoms with Crippen molar-refractivity contribution >= 4 is 17.5 Å². The lowest BCUT2D eigenvalue weighted by atomic mass is 10.0. The molecule has 0 aliphatic carbocycles. The van der Waals surface area contributed by atoms with Gasteiger partial charge in [-0.25, -0.2) is 0 Å². The molecule has 0 saturated carbocycles. The number of carbonyl (C=O) groups excluding carboxylic acids is 1. The second-order valence-electron chi connectivity index (χ2n) is 7.31. The van der Waals surface area contributed by atoms with Gasteiger partial charge in [0.25, 0.3) is 0 Å². The summed E-state index contributed by atoms with van der Waals surface area (Å²) in [6.07, 6.45) is 3.41. The third-order valence-electron chi connectivity index (χ3n) is 5.39. The van der Waals surface area contributed by atoms with Crippen molar-refractivity contribution in [2.75, 3.05) is 33.9 Å². The molecule has 1 amide bonds. The lowest BCUT2D eigenvalue weighted by Gasteiger charge is -2.29. The Kier molecular flexibility index (Phi) is 7.78. The van der Waals surface area contributed by atoms with Gasteiger partial charge in [-0.05, 0) is 61.7 Å². The first kappa shape index (κ1) is 21.5. The molecule has 1 atom stereocenters. The summed E-state index contributed by atoms with van der Waals surface area (Å²) < 4.78 is 10.6. The molecule has 0 bridgehead atoms. The van der Waals surface area contributed by atoms with Gasteiger partial charge in [-0.1, -0.05) is 29.8 Å². The molecule has 0 aromatic heterocycles. The number of ether oxygens (including phenoxy) is 2. The van der Waals surface area contributed by atoms with Crippen molar-refractivity contribution < 1.29 is 14.3 Å². The molecule has 1 heterocycles. The minimum absolute atomic E-state index is 0.0306. The Labute approximate surface area is 177 Å². The molecule has 156 valence electrons. The summed E-state index contributed by atoms with van der Waals surface area (Å²) in [5, 5.41) is 3.86. The second kappa shape index (κ2) is 10.5. The molecule has 2 aromatic rings. The zero-order chi connectivity index (χ0) is 20.6. The van der Waals surface area contributed by atoms with Crippen LogP contribution in [0.15, 0.2) is 42.5 Å². The highest BCUT2D eigenvalue weighted by Gasteiger charge is 2.25. The minimum atomic E-state index is 0.0306. The van der Waals surface area contributed by atoms with E-state index >= 15 is 0 Å². The first-order valence-electron chi connectivity index (χ1n) is 10.1. The van der Waals surface area contributed by atoms with Crippen LogP contribution in [0.25, 0.3) is 0 Å². The monoisotopic (exact) mass is 416 g/mol. The Balaban J connectivity index is 1.60. The number of methoxy groups -OCH3 is 2. The highest BCUT2D eigenvalue weighted by atomic mass is 35.5. The van der Waals surface area contributed by atoms with Crippen molar-refractivity contribution in [1.29, 1.82) is 0 Å². The maximum Gasteiger partial charge on any atom is 0.220 e. The zero-order valence-corrected chi connectivity index (χ0v) is 17.9. The number of amides is 1. The summed E-state index contributed by atoms with van der Waals surface area (Å²) in [5.74, 6) is 1.49. The molecule has 1 aliphatic rings. The third-order valence-corrected chi connectivity index (χ3v) is 5.73. The molecule has 5 nitrogen and oxygen atoms in total. The number of rotatable bonds is 9. The van der Waals surface area contributed by atoms with Gasteiger partial charge in [0, 0.05) is 24.1 Å². The SMILES string of the molecule is COc1cc(CCC(=O)NCC(c2ccccc2Cl)N2CCCC2)cc(OC)c1. The highest BCUT2D eigenvalue weighted by molar-refractivity contribution is 6.31. The lowest BCUT2D eigenvalue weighted by molar-refractivity contribution is -0.121. The van der Waals surface area contributed by atoms with Gasteiger partial charge in [0.2, 0.25) is 5.91 Å².